The molecule has 1 heterocycles. The van der Waals surface area contributed by atoms with E-state index in [-0.39, 0.29) is 5.59 Å². The Morgan fingerprint density at radius 1 is 1.45 bits per heavy atom. The molecule has 0 amide bonds. The highest BCUT2D eigenvalue weighted by atomic mass is 79.9. The normalized spacial score (nSPS) is 9.82. The van der Waals surface area contributed by atoms with Crippen LogP contribution in [0.4, 0.5) is 0 Å². The number of halogens is 1. The molecule has 2 N–H and O–H groups in total. The van der Waals surface area contributed by atoms with Crippen molar-refractivity contribution in [2.24, 2.45) is 0 Å². The van der Waals surface area contributed by atoms with Crippen molar-refractivity contribution in [1.82, 2.24) is 4.98 Å². The average molecular weight is 216 g/mol. The molecule has 0 aliphatic heterocycles. The molecular formula is C6H7BBrNO2. The standard InChI is InChI=1S/C6H7BBrNO2/c1-4-2-5(8)3-6(9-4)7(10)11/h2-3,10-11H,1H3. The van der Waals surface area contributed by atoms with Crippen molar-refractivity contribution in [2.45, 2.75) is 6.92 Å². The summed E-state index contributed by atoms with van der Waals surface area (Å²) in [6, 6.07) is 3.36. The summed E-state index contributed by atoms with van der Waals surface area (Å²) in [4.78, 5) is 3.90. The number of pyridine rings is 1. The molecule has 0 aliphatic rings. The molecule has 0 unspecified atom stereocenters. The van der Waals surface area contributed by atoms with Crippen molar-refractivity contribution in [3.63, 3.8) is 0 Å². The van der Waals surface area contributed by atoms with Gasteiger partial charge in [-0.15, -0.1) is 0 Å². The van der Waals surface area contributed by atoms with Crippen molar-refractivity contribution in [1.29, 1.82) is 0 Å². The molecule has 0 bridgehead atoms. The molecule has 0 saturated carbocycles. The fraction of sp³-hybridized carbons (Fsp3) is 0.167. The summed E-state index contributed by atoms with van der Waals surface area (Å²) in [5.74, 6) is 0. The van der Waals surface area contributed by atoms with Crippen molar-refractivity contribution >= 4 is 28.6 Å². The minimum Gasteiger partial charge on any atom is -0.422 e. The molecule has 1 rings (SSSR count). The molecule has 11 heavy (non-hydrogen) atoms. The van der Waals surface area contributed by atoms with Gasteiger partial charge in [0.15, 0.2) is 0 Å². The van der Waals surface area contributed by atoms with E-state index in [1.165, 1.54) is 0 Å². The molecule has 5 heteroatoms. The van der Waals surface area contributed by atoms with Crippen molar-refractivity contribution in [2.75, 3.05) is 0 Å². The summed E-state index contributed by atoms with van der Waals surface area (Å²) in [5, 5.41) is 17.5. The third kappa shape index (κ3) is 2.29. The molecule has 3 nitrogen and oxygen atoms in total. The van der Waals surface area contributed by atoms with Crippen molar-refractivity contribution in [3.05, 3.63) is 22.3 Å². The highest BCUT2D eigenvalue weighted by Gasteiger charge is 2.12. The third-order valence-electron chi connectivity index (χ3n) is 1.20. The van der Waals surface area contributed by atoms with E-state index in [4.69, 9.17) is 10.0 Å². The molecule has 0 aliphatic carbocycles. The SMILES string of the molecule is Cc1cc(Br)cc(B(O)O)n1. The fourth-order valence-electron chi connectivity index (χ4n) is 0.783. The third-order valence-corrected chi connectivity index (χ3v) is 1.66. The van der Waals surface area contributed by atoms with Crippen LogP contribution in [0.15, 0.2) is 16.6 Å². The van der Waals surface area contributed by atoms with E-state index in [0.29, 0.717) is 0 Å². The Hall–Kier alpha value is -0.385. The van der Waals surface area contributed by atoms with Gasteiger partial charge in [-0.25, -0.2) is 0 Å². The van der Waals surface area contributed by atoms with E-state index in [2.05, 4.69) is 20.9 Å². The summed E-state index contributed by atoms with van der Waals surface area (Å²) in [6.07, 6.45) is 0. The van der Waals surface area contributed by atoms with Gasteiger partial charge in [0.05, 0.1) is 5.59 Å². The first kappa shape index (κ1) is 8.71. The van der Waals surface area contributed by atoms with E-state index < -0.39 is 7.12 Å². The Bertz CT molecular complexity index is 247. The maximum absolute atomic E-state index is 8.74. The summed E-state index contributed by atoms with van der Waals surface area (Å²) < 4.78 is 0.799. The second-order valence-corrected chi connectivity index (χ2v) is 3.14. The first-order chi connectivity index (χ1) is 5.09. The fourth-order valence-corrected chi connectivity index (χ4v) is 1.35. The van der Waals surface area contributed by atoms with Gasteiger partial charge < -0.3 is 10.0 Å². The first-order valence-corrected chi connectivity index (χ1v) is 3.89. The van der Waals surface area contributed by atoms with Crippen molar-refractivity contribution < 1.29 is 10.0 Å². The van der Waals surface area contributed by atoms with Gasteiger partial charge in [-0.1, -0.05) is 15.9 Å². The number of hydrogen-bond acceptors (Lipinski definition) is 3. The van der Waals surface area contributed by atoms with E-state index in [1.54, 1.807) is 19.1 Å². The minimum absolute atomic E-state index is 0.261. The van der Waals surface area contributed by atoms with Crippen LogP contribution in [0.5, 0.6) is 0 Å². The Labute approximate surface area is 73.4 Å². The summed E-state index contributed by atoms with van der Waals surface area (Å²) in [7, 11) is -1.49. The number of aromatic nitrogens is 1. The lowest BCUT2D eigenvalue weighted by Gasteiger charge is -2.00. The molecule has 0 aromatic carbocycles. The largest absolute Gasteiger partial charge is 0.508 e. The number of nitrogens with zero attached hydrogens (tertiary/aromatic N) is 1. The molecule has 0 saturated heterocycles. The maximum Gasteiger partial charge on any atom is 0.508 e. The highest BCUT2D eigenvalue weighted by molar-refractivity contribution is 9.10. The van der Waals surface area contributed by atoms with Gasteiger partial charge in [0.2, 0.25) is 0 Å². The van der Waals surface area contributed by atoms with Gasteiger partial charge >= 0.3 is 7.12 Å². The van der Waals surface area contributed by atoms with Gasteiger partial charge in [-0.2, -0.15) is 0 Å². The number of rotatable bonds is 1. The second kappa shape index (κ2) is 3.34. The van der Waals surface area contributed by atoms with E-state index in [0.717, 1.165) is 10.2 Å². The van der Waals surface area contributed by atoms with Crippen LogP contribution in [0.2, 0.25) is 0 Å². The lowest BCUT2D eigenvalue weighted by molar-refractivity contribution is 0.424. The van der Waals surface area contributed by atoms with Crippen LogP contribution in [-0.2, 0) is 0 Å². The lowest BCUT2D eigenvalue weighted by atomic mass is 9.85. The zero-order chi connectivity index (χ0) is 8.43. The van der Waals surface area contributed by atoms with Gasteiger partial charge in [0, 0.05) is 10.2 Å². The highest BCUT2D eigenvalue weighted by Crippen LogP contribution is 2.06. The Morgan fingerprint density at radius 3 is 2.55 bits per heavy atom. The number of aryl methyl sites for hydroxylation is 1. The molecular weight excluding hydrogens is 209 g/mol. The number of hydrogen-bond donors (Lipinski definition) is 2. The zero-order valence-electron chi connectivity index (χ0n) is 5.95. The summed E-state index contributed by atoms with van der Waals surface area (Å²) >= 11 is 3.22. The molecule has 1 aromatic rings. The van der Waals surface area contributed by atoms with Crippen LogP contribution in [0.1, 0.15) is 5.69 Å². The smallest absolute Gasteiger partial charge is 0.422 e. The predicted molar refractivity (Wildman–Crippen MR) is 46.5 cm³/mol. The van der Waals surface area contributed by atoms with Crippen molar-refractivity contribution in [3.8, 4) is 0 Å². The minimum atomic E-state index is -1.49. The van der Waals surface area contributed by atoms with Crippen LogP contribution in [0.25, 0.3) is 0 Å². The molecule has 1 aromatic heterocycles. The van der Waals surface area contributed by atoms with Crippen LogP contribution in [-0.4, -0.2) is 22.2 Å². The summed E-state index contributed by atoms with van der Waals surface area (Å²) in [5.41, 5.74) is 1.01. The predicted octanol–water partition coefficient (Wildman–Crippen LogP) is -0.168. The van der Waals surface area contributed by atoms with Gasteiger partial charge in [-0.3, -0.25) is 4.98 Å². The molecule has 0 spiro atoms. The van der Waals surface area contributed by atoms with E-state index >= 15 is 0 Å². The van der Waals surface area contributed by atoms with Gasteiger partial charge in [0.1, 0.15) is 0 Å². The van der Waals surface area contributed by atoms with Crippen LogP contribution < -0.4 is 5.59 Å². The van der Waals surface area contributed by atoms with Gasteiger partial charge in [-0.05, 0) is 19.1 Å². The van der Waals surface area contributed by atoms with Crippen LogP contribution in [0, 0.1) is 6.92 Å². The molecule has 0 atom stereocenters. The Morgan fingerprint density at radius 2 is 2.09 bits per heavy atom. The van der Waals surface area contributed by atoms with Crippen LogP contribution >= 0.6 is 15.9 Å². The van der Waals surface area contributed by atoms with E-state index in [1.807, 2.05) is 0 Å². The maximum atomic E-state index is 8.74. The molecule has 58 valence electrons. The lowest BCUT2D eigenvalue weighted by Crippen LogP contribution is -2.33. The molecule has 0 radical (unpaired) electrons. The topological polar surface area (TPSA) is 53.4 Å². The average Bonchev–Trinajstić information content (AvgIpc) is 1.85. The first-order valence-electron chi connectivity index (χ1n) is 3.10. The van der Waals surface area contributed by atoms with E-state index in [9.17, 15) is 0 Å². The monoisotopic (exact) mass is 215 g/mol. The second-order valence-electron chi connectivity index (χ2n) is 2.23. The Kier molecular flexibility index (Phi) is 2.65. The van der Waals surface area contributed by atoms with Crippen LogP contribution in [0.3, 0.4) is 0 Å². The zero-order valence-corrected chi connectivity index (χ0v) is 7.54. The quantitative estimate of drug-likeness (QED) is 0.640. The molecule has 0 fully saturated rings. The summed E-state index contributed by atoms with van der Waals surface area (Å²) in [6.45, 7) is 1.79. The Balaban J connectivity index is 3.08. The van der Waals surface area contributed by atoms with Gasteiger partial charge in [0.25, 0.3) is 0 Å².